The van der Waals surface area contributed by atoms with Crippen molar-refractivity contribution in [1.29, 1.82) is 0 Å². The third-order valence-corrected chi connectivity index (χ3v) is 5.87. The number of amides is 1. The van der Waals surface area contributed by atoms with E-state index in [1.54, 1.807) is 12.1 Å². The lowest BCUT2D eigenvalue weighted by molar-refractivity contribution is -0.133. The number of aryl methyl sites for hydroxylation is 1. The molecule has 0 spiro atoms. The maximum atomic E-state index is 13.1. The molecule has 1 aromatic carbocycles. The van der Waals surface area contributed by atoms with Gasteiger partial charge >= 0.3 is 0 Å². The van der Waals surface area contributed by atoms with Crippen molar-refractivity contribution < 1.29 is 9.18 Å². The maximum Gasteiger partial charge on any atom is 0.227 e. The summed E-state index contributed by atoms with van der Waals surface area (Å²) in [6.07, 6.45) is 8.19. The lowest BCUT2D eigenvalue weighted by atomic mass is 10.1. The fourth-order valence-corrected chi connectivity index (χ4v) is 4.50. The van der Waals surface area contributed by atoms with Crippen molar-refractivity contribution in [2.45, 2.75) is 64.0 Å². The van der Waals surface area contributed by atoms with Gasteiger partial charge in [0, 0.05) is 18.8 Å². The number of hydrogen-bond acceptors (Lipinski definition) is 2. The van der Waals surface area contributed by atoms with Gasteiger partial charge in [0.05, 0.1) is 18.7 Å². The lowest BCUT2D eigenvalue weighted by Crippen LogP contribution is -2.39. The van der Waals surface area contributed by atoms with E-state index in [0.29, 0.717) is 19.0 Å². The molecule has 0 saturated heterocycles. The van der Waals surface area contributed by atoms with Gasteiger partial charge in [-0.15, -0.1) is 0 Å². The second-order valence-electron chi connectivity index (χ2n) is 7.61. The highest BCUT2D eigenvalue weighted by molar-refractivity contribution is 5.79. The van der Waals surface area contributed by atoms with Crippen LogP contribution in [0.4, 0.5) is 4.39 Å². The SMILES string of the molecule is Cn1nc(CN(C(=O)Cc2ccc(F)cc2)C2CCCC2)c2c1CCC2. The van der Waals surface area contributed by atoms with Crippen molar-refractivity contribution in [3.63, 3.8) is 0 Å². The quantitative estimate of drug-likeness (QED) is 0.822. The van der Waals surface area contributed by atoms with Crippen molar-refractivity contribution in [3.8, 4) is 0 Å². The summed E-state index contributed by atoms with van der Waals surface area (Å²) in [7, 11) is 2.01. The molecule has 2 aromatic rings. The van der Waals surface area contributed by atoms with Crippen LogP contribution in [0.3, 0.4) is 0 Å². The van der Waals surface area contributed by atoms with E-state index >= 15 is 0 Å². The van der Waals surface area contributed by atoms with Gasteiger partial charge in [-0.3, -0.25) is 9.48 Å². The van der Waals surface area contributed by atoms with E-state index in [0.717, 1.165) is 36.9 Å². The molecule has 0 bridgehead atoms. The second kappa shape index (κ2) is 7.22. The lowest BCUT2D eigenvalue weighted by Gasteiger charge is -2.29. The first-order valence-corrected chi connectivity index (χ1v) is 9.69. The largest absolute Gasteiger partial charge is 0.333 e. The molecule has 2 aliphatic carbocycles. The number of benzene rings is 1. The van der Waals surface area contributed by atoms with Crippen LogP contribution in [-0.2, 0) is 37.6 Å². The van der Waals surface area contributed by atoms with Gasteiger partial charge in [-0.05, 0) is 55.4 Å². The molecule has 1 heterocycles. The molecule has 4 rings (SSSR count). The molecule has 0 atom stereocenters. The average molecular weight is 355 g/mol. The van der Waals surface area contributed by atoms with Crippen LogP contribution in [0.5, 0.6) is 0 Å². The van der Waals surface area contributed by atoms with E-state index in [1.807, 2.05) is 16.6 Å². The molecule has 5 heteroatoms. The minimum absolute atomic E-state index is 0.126. The summed E-state index contributed by atoms with van der Waals surface area (Å²) in [6, 6.07) is 6.57. The van der Waals surface area contributed by atoms with Gasteiger partial charge in [-0.25, -0.2) is 4.39 Å². The van der Waals surface area contributed by atoms with Crippen LogP contribution in [0.1, 0.15) is 54.6 Å². The Morgan fingerprint density at radius 1 is 1.19 bits per heavy atom. The highest BCUT2D eigenvalue weighted by Gasteiger charge is 2.30. The smallest absolute Gasteiger partial charge is 0.227 e. The van der Waals surface area contributed by atoms with E-state index in [2.05, 4.69) is 0 Å². The number of halogens is 1. The van der Waals surface area contributed by atoms with Crippen LogP contribution in [-0.4, -0.2) is 26.6 Å². The van der Waals surface area contributed by atoms with E-state index < -0.39 is 0 Å². The predicted molar refractivity (Wildman–Crippen MR) is 98.1 cm³/mol. The van der Waals surface area contributed by atoms with Crippen LogP contribution >= 0.6 is 0 Å². The summed E-state index contributed by atoms with van der Waals surface area (Å²) < 4.78 is 15.1. The van der Waals surface area contributed by atoms with Gasteiger partial charge in [0.25, 0.3) is 0 Å². The fourth-order valence-electron chi connectivity index (χ4n) is 4.50. The molecule has 26 heavy (non-hydrogen) atoms. The molecule has 1 aromatic heterocycles. The third kappa shape index (κ3) is 3.39. The number of fused-ring (bicyclic) bond motifs is 1. The van der Waals surface area contributed by atoms with E-state index in [1.165, 1.54) is 42.7 Å². The first kappa shape index (κ1) is 17.3. The maximum absolute atomic E-state index is 13.1. The summed E-state index contributed by atoms with van der Waals surface area (Å²) in [5, 5.41) is 4.72. The standard InChI is InChI=1S/C21H26FN3O/c1-24-20-8-4-7-18(20)19(23-24)14-25(17-5-2-3-6-17)21(26)13-15-9-11-16(22)12-10-15/h9-12,17H,2-8,13-14H2,1H3. The minimum Gasteiger partial charge on any atom is -0.333 e. The molecule has 1 fully saturated rings. The molecule has 1 amide bonds. The Morgan fingerprint density at radius 3 is 2.65 bits per heavy atom. The highest BCUT2D eigenvalue weighted by atomic mass is 19.1. The first-order valence-electron chi connectivity index (χ1n) is 9.69. The van der Waals surface area contributed by atoms with Gasteiger partial charge in [0.2, 0.25) is 5.91 Å². The number of nitrogens with zero attached hydrogens (tertiary/aromatic N) is 3. The molecule has 4 nitrogen and oxygen atoms in total. The first-order chi connectivity index (χ1) is 12.6. The Balaban J connectivity index is 1.55. The van der Waals surface area contributed by atoms with E-state index in [9.17, 15) is 9.18 Å². The second-order valence-corrected chi connectivity index (χ2v) is 7.61. The Labute approximate surface area is 154 Å². The number of carbonyl (C=O) groups is 1. The number of aromatic nitrogens is 2. The van der Waals surface area contributed by atoms with Crippen molar-refractivity contribution in [3.05, 3.63) is 52.6 Å². The van der Waals surface area contributed by atoms with E-state index in [-0.39, 0.29) is 11.7 Å². The predicted octanol–water partition coefficient (Wildman–Crippen LogP) is 3.56. The Kier molecular flexibility index (Phi) is 4.79. The van der Waals surface area contributed by atoms with Crippen LogP contribution in [0.2, 0.25) is 0 Å². The zero-order valence-corrected chi connectivity index (χ0v) is 15.4. The highest BCUT2D eigenvalue weighted by Crippen LogP contribution is 2.29. The van der Waals surface area contributed by atoms with Gasteiger partial charge in [-0.1, -0.05) is 25.0 Å². The van der Waals surface area contributed by atoms with Gasteiger partial charge < -0.3 is 4.90 Å². The van der Waals surface area contributed by atoms with Gasteiger partial charge in [0.15, 0.2) is 0 Å². The molecule has 0 radical (unpaired) electrons. The number of carbonyl (C=O) groups excluding carboxylic acids is 1. The van der Waals surface area contributed by atoms with Gasteiger partial charge in [0.1, 0.15) is 5.82 Å². The molecule has 1 saturated carbocycles. The summed E-state index contributed by atoms with van der Waals surface area (Å²) in [5.74, 6) is -0.140. The van der Waals surface area contributed by atoms with Gasteiger partial charge in [-0.2, -0.15) is 5.10 Å². The Morgan fingerprint density at radius 2 is 1.92 bits per heavy atom. The van der Waals surface area contributed by atoms with Crippen molar-refractivity contribution in [2.24, 2.45) is 7.05 Å². The van der Waals surface area contributed by atoms with Crippen molar-refractivity contribution in [1.82, 2.24) is 14.7 Å². The summed E-state index contributed by atoms with van der Waals surface area (Å²) in [4.78, 5) is 15.1. The Hall–Kier alpha value is -2.17. The third-order valence-electron chi connectivity index (χ3n) is 5.87. The van der Waals surface area contributed by atoms with Crippen molar-refractivity contribution >= 4 is 5.91 Å². The number of hydrogen-bond donors (Lipinski definition) is 0. The van der Waals surface area contributed by atoms with E-state index in [4.69, 9.17) is 5.10 Å². The zero-order chi connectivity index (χ0) is 18.1. The summed E-state index contributed by atoms with van der Waals surface area (Å²) in [5.41, 5.74) is 4.62. The zero-order valence-electron chi connectivity index (χ0n) is 15.4. The minimum atomic E-state index is -0.266. The van der Waals surface area contributed by atoms with Crippen LogP contribution in [0, 0.1) is 5.82 Å². The molecular weight excluding hydrogens is 329 g/mol. The Bertz CT molecular complexity index is 790. The molecule has 0 unspecified atom stereocenters. The molecular formula is C21H26FN3O. The average Bonchev–Trinajstić information content (AvgIpc) is 3.35. The fraction of sp³-hybridized carbons (Fsp3) is 0.524. The summed E-state index contributed by atoms with van der Waals surface area (Å²) in [6.45, 7) is 0.605. The number of rotatable bonds is 5. The van der Waals surface area contributed by atoms with Crippen molar-refractivity contribution in [2.75, 3.05) is 0 Å². The molecule has 2 aliphatic rings. The molecule has 138 valence electrons. The normalized spacial score (nSPS) is 16.8. The van der Waals surface area contributed by atoms with Crippen LogP contribution in [0.15, 0.2) is 24.3 Å². The topological polar surface area (TPSA) is 38.1 Å². The summed E-state index contributed by atoms with van der Waals surface area (Å²) >= 11 is 0. The molecule has 0 N–H and O–H groups in total. The monoisotopic (exact) mass is 355 g/mol. The molecule has 0 aliphatic heterocycles. The van der Waals surface area contributed by atoms with Crippen LogP contribution in [0.25, 0.3) is 0 Å². The van der Waals surface area contributed by atoms with Crippen LogP contribution < -0.4 is 0 Å².